The van der Waals surface area contributed by atoms with E-state index in [9.17, 15) is 0 Å². The first-order valence-electron chi connectivity index (χ1n) is 7.22. The lowest BCUT2D eigenvalue weighted by atomic mass is 10.2. The van der Waals surface area contributed by atoms with Gasteiger partial charge in [0.2, 0.25) is 0 Å². The lowest BCUT2D eigenvalue weighted by Gasteiger charge is -2.25. The SMILES string of the molecule is CCC(C)N(C)CCNC1CCN(C(C)C)C1. The van der Waals surface area contributed by atoms with Crippen LogP contribution in [0.5, 0.6) is 0 Å². The summed E-state index contributed by atoms with van der Waals surface area (Å²) in [5.74, 6) is 0. The van der Waals surface area contributed by atoms with Gasteiger partial charge in [-0.3, -0.25) is 4.90 Å². The van der Waals surface area contributed by atoms with Crippen molar-refractivity contribution < 1.29 is 0 Å². The van der Waals surface area contributed by atoms with Gasteiger partial charge in [-0.05, 0) is 47.2 Å². The maximum Gasteiger partial charge on any atom is 0.0207 e. The largest absolute Gasteiger partial charge is 0.311 e. The number of likely N-dealkylation sites (N-methyl/N-ethyl adjacent to an activating group) is 1. The van der Waals surface area contributed by atoms with Gasteiger partial charge in [0, 0.05) is 37.8 Å². The summed E-state index contributed by atoms with van der Waals surface area (Å²) in [5, 5.41) is 3.69. The molecular weight excluding hydrogens is 210 g/mol. The Kier molecular flexibility index (Phi) is 6.45. The van der Waals surface area contributed by atoms with Gasteiger partial charge in [0.25, 0.3) is 0 Å². The van der Waals surface area contributed by atoms with Crippen LogP contribution in [0.3, 0.4) is 0 Å². The highest BCUT2D eigenvalue weighted by atomic mass is 15.2. The molecule has 2 atom stereocenters. The first-order valence-corrected chi connectivity index (χ1v) is 7.22. The number of rotatable bonds is 7. The van der Waals surface area contributed by atoms with Crippen molar-refractivity contribution in [1.82, 2.24) is 15.1 Å². The fraction of sp³-hybridized carbons (Fsp3) is 1.00. The van der Waals surface area contributed by atoms with Gasteiger partial charge >= 0.3 is 0 Å². The second-order valence-electron chi connectivity index (χ2n) is 5.77. The van der Waals surface area contributed by atoms with E-state index in [0.29, 0.717) is 18.1 Å². The molecule has 0 saturated carbocycles. The zero-order valence-corrected chi connectivity index (χ0v) is 12.4. The van der Waals surface area contributed by atoms with Crippen molar-refractivity contribution in [3.63, 3.8) is 0 Å². The van der Waals surface area contributed by atoms with E-state index in [1.54, 1.807) is 0 Å². The molecular formula is C14H31N3. The third-order valence-corrected chi connectivity index (χ3v) is 4.19. The van der Waals surface area contributed by atoms with Crippen molar-refractivity contribution in [2.45, 2.75) is 58.7 Å². The molecule has 0 aromatic rings. The van der Waals surface area contributed by atoms with Crippen molar-refractivity contribution in [2.24, 2.45) is 0 Å². The van der Waals surface area contributed by atoms with E-state index in [1.165, 1.54) is 25.9 Å². The van der Waals surface area contributed by atoms with Gasteiger partial charge in [0.05, 0.1) is 0 Å². The molecule has 1 fully saturated rings. The van der Waals surface area contributed by atoms with Crippen molar-refractivity contribution in [1.29, 1.82) is 0 Å². The molecule has 1 aliphatic rings. The summed E-state index contributed by atoms with van der Waals surface area (Å²) in [6, 6.07) is 2.11. The van der Waals surface area contributed by atoms with Gasteiger partial charge in [-0.2, -0.15) is 0 Å². The summed E-state index contributed by atoms with van der Waals surface area (Å²) < 4.78 is 0. The Labute approximate surface area is 108 Å². The van der Waals surface area contributed by atoms with E-state index in [2.05, 4.69) is 49.9 Å². The normalized spacial score (nSPS) is 23.8. The standard InChI is InChI=1S/C14H31N3/c1-6-13(4)16(5)10-8-15-14-7-9-17(11-14)12(2)3/h12-15H,6-11H2,1-5H3. The number of nitrogens with one attached hydrogen (secondary N) is 1. The lowest BCUT2D eigenvalue weighted by molar-refractivity contribution is 0.243. The van der Waals surface area contributed by atoms with Gasteiger partial charge in [0.15, 0.2) is 0 Å². The Morgan fingerprint density at radius 1 is 1.35 bits per heavy atom. The molecule has 2 unspecified atom stereocenters. The van der Waals surface area contributed by atoms with E-state index in [4.69, 9.17) is 0 Å². The highest BCUT2D eigenvalue weighted by Gasteiger charge is 2.23. The second-order valence-corrected chi connectivity index (χ2v) is 5.77. The Hall–Kier alpha value is -0.120. The second kappa shape index (κ2) is 7.34. The minimum absolute atomic E-state index is 0.699. The van der Waals surface area contributed by atoms with E-state index in [1.807, 2.05) is 0 Å². The summed E-state index contributed by atoms with van der Waals surface area (Å²) in [6.45, 7) is 13.9. The maximum absolute atomic E-state index is 3.69. The third kappa shape index (κ3) is 4.94. The molecule has 1 rings (SSSR count). The van der Waals surface area contributed by atoms with Crippen LogP contribution in [0.2, 0.25) is 0 Å². The molecule has 0 radical (unpaired) electrons. The number of likely N-dealkylation sites (tertiary alicyclic amines) is 1. The molecule has 1 heterocycles. The van der Waals surface area contributed by atoms with Gasteiger partial charge in [0.1, 0.15) is 0 Å². The monoisotopic (exact) mass is 241 g/mol. The Bertz CT molecular complexity index is 206. The van der Waals surface area contributed by atoms with Crippen LogP contribution in [0.15, 0.2) is 0 Å². The zero-order valence-electron chi connectivity index (χ0n) is 12.4. The van der Waals surface area contributed by atoms with Crippen molar-refractivity contribution in [3.05, 3.63) is 0 Å². The fourth-order valence-electron chi connectivity index (χ4n) is 2.40. The number of hydrogen-bond acceptors (Lipinski definition) is 3. The predicted molar refractivity (Wildman–Crippen MR) is 75.5 cm³/mol. The molecule has 1 N–H and O–H groups in total. The fourth-order valence-corrected chi connectivity index (χ4v) is 2.40. The molecule has 17 heavy (non-hydrogen) atoms. The molecule has 102 valence electrons. The van der Waals surface area contributed by atoms with Crippen molar-refractivity contribution >= 4 is 0 Å². The Balaban J connectivity index is 2.12. The molecule has 1 saturated heterocycles. The van der Waals surface area contributed by atoms with Gasteiger partial charge in [-0.15, -0.1) is 0 Å². The summed E-state index contributed by atoms with van der Waals surface area (Å²) in [6.07, 6.45) is 2.55. The minimum atomic E-state index is 0.699. The zero-order chi connectivity index (χ0) is 12.8. The van der Waals surface area contributed by atoms with Crippen LogP contribution in [0, 0.1) is 0 Å². The van der Waals surface area contributed by atoms with E-state index in [0.717, 1.165) is 13.1 Å². The van der Waals surface area contributed by atoms with Crippen molar-refractivity contribution in [3.8, 4) is 0 Å². The Morgan fingerprint density at radius 2 is 2.06 bits per heavy atom. The predicted octanol–water partition coefficient (Wildman–Crippen LogP) is 1.79. The first kappa shape index (κ1) is 14.9. The number of nitrogens with zero attached hydrogens (tertiary/aromatic N) is 2. The summed E-state index contributed by atoms with van der Waals surface area (Å²) in [7, 11) is 2.23. The lowest BCUT2D eigenvalue weighted by Crippen LogP contribution is -2.40. The first-order chi connectivity index (χ1) is 8.04. The molecule has 1 aliphatic heterocycles. The van der Waals surface area contributed by atoms with Gasteiger partial charge in [-0.1, -0.05) is 6.92 Å². The van der Waals surface area contributed by atoms with Gasteiger partial charge in [-0.25, -0.2) is 0 Å². The van der Waals surface area contributed by atoms with Crippen LogP contribution in [-0.2, 0) is 0 Å². The van der Waals surface area contributed by atoms with Crippen LogP contribution in [0.4, 0.5) is 0 Å². The van der Waals surface area contributed by atoms with Crippen LogP contribution in [-0.4, -0.2) is 61.2 Å². The third-order valence-electron chi connectivity index (χ3n) is 4.19. The molecule has 0 amide bonds. The average molecular weight is 241 g/mol. The van der Waals surface area contributed by atoms with Crippen LogP contribution >= 0.6 is 0 Å². The number of hydrogen-bond donors (Lipinski definition) is 1. The molecule has 0 aliphatic carbocycles. The minimum Gasteiger partial charge on any atom is -0.311 e. The summed E-state index contributed by atoms with van der Waals surface area (Å²) in [5.41, 5.74) is 0. The summed E-state index contributed by atoms with van der Waals surface area (Å²) >= 11 is 0. The smallest absolute Gasteiger partial charge is 0.0207 e. The molecule has 0 spiro atoms. The average Bonchev–Trinajstić information content (AvgIpc) is 2.76. The topological polar surface area (TPSA) is 18.5 Å². The molecule has 3 nitrogen and oxygen atoms in total. The quantitative estimate of drug-likeness (QED) is 0.733. The van der Waals surface area contributed by atoms with E-state index in [-0.39, 0.29) is 0 Å². The summed E-state index contributed by atoms with van der Waals surface area (Å²) in [4.78, 5) is 5.01. The van der Waals surface area contributed by atoms with Gasteiger partial charge < -0.3 is 10.2 Å². The van der Waals surface area contributed by atoms with E-state index < -0.39 is 0 Å². The molecule has 0 aromatic heterocycles. The maximum atomic E-state index is 3.69. The van der Waals surface area contributed by atoms with Crippen LogP contribution < -0.4 is 5.32 Å². The molecule has 3 heteroatoms. The van der Waals surface area contributed by atoms with Crippen LogP contribution in [0.1, 0.15) is 40.5 Å². The highest BCUT2D eigenvalue weighted by Crippen LogP contribution is 2.12. The van der Waals surface area contributed by atoms with Crippen molar-refractivity contribution in [2.75, 3.05) is 33.2 Å². The van der Waals surface area contributed by atoms with Crippen LogP contribution in [0.25, 0.3) is 0 Å². The molecule has 0 aromatic carbocycles. The Morgan fingerprint density at radius 3 is 2.59 bits per heavy atom. The molecule has 0 bridgehead atoms. The highest BCUT2D eigenvalue weighted by molar-refractivity contribution is 4.82. The van der Waals surface area contributed by atoms with E-state index >= 15 is 0 Å².